The first-order valence-electron chi connectivity index (χ1n) is 9.64. The molecule has 2 aromatic carbocycles. The Labute approximate surface area is 173 Å². The minimum absolute atomic E-state index is 0.135. The summed E-state index contributed by atoms with van der Waals surface area (Å²) < 4.78 is 18.8. The minimum atomic E-state index is -0.309. The monoisotopic (exact) mass is 411 g/mol. The predicted octanol–water partition coefficient (Wildman–Crippen LogP) is 2.48. The van der Waals surface area contributed by atoms with Crippen LogP contribution in [0.4, 0.5) is 15.8 Å². The van der Waals surface area contributed by atoms with Gasteiger partial charge in [-0.3, -0.25) is 9.59 Å². The summed E-state index contributed by atoms with van der Waals surface area (Å²) in [7, 11) is 0. The Morgan fingerprint density at radius 3 is 2.27 bits per heavy atom. The third kappa shape index (κ3) is 5.99. The first-order chi connectivity index (χ1) is 14.4. The average Bonchev–Trinajstić information content (AvgIpc) is 3.17. The van der Waals surface area contributed by atoms with Gasteiger partial charge in [0.05, 0.1) is 12.7 Å². The number of benzene rings is 2. The molecule has 2 amide bonds. The van der Waals surface area contributed by atoms with Crippen molar-refractivity contribution in [3.63, 3.8) is 0 Å². The Morgan fingerprint density at radius 1 is 1.03 bits per heavy atom. The van der Waals surface area contributed by atoms with Gasteiger partial charge in [-0.1, -0.05) is 0 Å². The van der Waals surface area contributed by atoms with Crippen molar-refractivity contribution in [1.29, 1.82) is 0 Å². The molecule has 0 spiro atoms. The second kappa shape index (κ2) is 9.80. The molecule has 3 rings (SSSR count). The molecule has 1 aromatic heterocycles. The van der Waals surface area contributed by atoms with Crippen LogP contribution in [-0.2, 0) is 16.1 Å². The summed E-state index contributed by atoms with van der Waals surface area (Å²) in [6.45, 7) is 4.83. The van der Waals surface area contributed by atoms with E-state index in [4.69, 9.17) is 4.42 Å². The molecule has 156 valence electrons. The summed E-state index contributed by atoms with van der Waals surface area (Å²) in [4.78, 5) is 28.7. The van der Waals surface area contributed by atoms with Crippen molar-refractivity contribution in [2.45, 2.75) is 20.4 Å². The molecule has 0 radical (unpaired) electrons. The number of amides is 2. The average molecular weight is 411 g/mol. The first kappa shape index (κ1) is 21.2. The van der Waals surface area contributed by atoms with E-state index in [-0.39, 0.29) is 24.2 Å². The summed E-state index contributed by atoms with van der Waals surface area (Å²) in [5.41, 5.74) is 2.06. The van der Waals surface area contributed by atoms with Gasteiger partial charge < -0.3 is 20.0 Å². The Bertz CT molecular complexity index is 1000. The number of aromatic nitrogens is 1. The van der Waals surface area contributed by atoms with Crippen LogP contribution >= 0.6 is 0 Å². The largest absolute Gasteiger partial charge is 0.435 e. The summed E-state index contributed by atoms with van der Waals surface area (Å²) in [5, 5.41) is 5.53. The number of nitrogens with zero attached hydrogens (tertiary/aromatic N) is 1. The van der Waals surface area contributed by atoms with Gasteiger partial charge in [0.2, 0.25) is 5.91 Å². The number of carbonyl (C=O) groups excluding carboxylic acids is 2. The number of hydrogen-bond acceptors (Lipinski definition) is 4. The molecule has 0 aliphatic heterocycles. The molecule has 1 atom stereocenters. The zero-order chi connectivity index (χ0) is 21.5. The fourth-order valence-electron chi connectivity index (χ4n) is 2.94. The second-order valence-electron chi connectivity index (χ2n) is 6.89. The van der Waals surface area contributed by atoms with E-state index < -0.39 is 0 Å². The molecule has 0 saturated heterocycles. The molecule has 8 heteroatoms. The lowest BCUT2D eigenvalue weighted by Gasteiger charge is -2.15. The standard InChI is InChI=1S/C22H23FN4O3/c1-3-27(13-21(29)26-19-10-8-18(9-11-19)25-15(2)28)14-22-24-12-20(30-22)16-4-6-17(23)7-5-16/h4-12H,3,13-14H2,1-2H3,(H,25,28)(H,26,29)/p+1. The van der Waals surface area contributed by atoms with Gasteiger partial charge in [0.1, 0.15) is 5.82 Å². The summed E-state index contributed by atoms with van der Waals surface area (Å²) >= 11 is 0. The van der Waals surface area contributed by atoms with Crippen molar-refractivity contribution in [1.82, 2.24) is 4.98 Å². The number of hydrogen-bond donors (Lipinski definition) is 3. The molecule has 0 aliphatic rings. The van der Waals surface area contributed by atoms with Crippen LogP contribution in [0.5, 0.6) is 0 Å². The lowest BCUT2D eigenvalue weighted by molar-refractivity contribution is -0.905. The van der Waals surface area contributed by atoms with Crippen molar-refractivity contribution in [3.8, 4) is 11.3 Å². The molecular formula is C22H24FN4O3+. The third-order valence-corrected chi connectivity index (χ3v) is 4.48. The molecule has 0 fully saturated rings. The van der Waals surface area contributed by atoms with Crippen LogP contribution in [0, 0.1) is 5.82 Å². The van der Waals surface area contributed by atoms with Crippen LogP contribution in [0.25, 0.3) is 11.3 Å². The molecule has 0 saturated carbocycles. The number of rotatable bonds is 8. The number of oxazole rings is 1. The molecule has 30 heavy (non-hydrogen) atoms. The third-order valence-electron chi connectivity index (χ3n) is 4.48. The van der Waals surface area contributed by atoms with Crippen LogP contribution < -0.4 is 15.5 Å². The van der Waals surface area contributed by atoms with Crippen molar-refractivity contribution < 1.29 is 23.3 Å². The zero-order valence-electron chi connectivity index (χ0n) is 16.9. The van der Waals surface area contributed by atoms with Gasteiger partial charge in [-0.05, 0) is 55.5 Å². The van der Waals surface area contributed by atoms with Gasteiger partial charge >= 0.3 is 0 Å². The van der Waals surface area contributed by atoms with Crippen molar-refractivity contribution in [2.75, 3.05) is 23.7 Å². The molecule has 0 aliphatic carbocycles. The van der Waals surface area contributed by atoms with Crippen molar-refractivity contribution >= 4 is 23.2 Å². The Balaban J connectivity index is 1.55. The number of likely N-dealkylation sites (N-methyl/N-ethyl adjacent to an activating group) is 1. The lowest BCUT2D eigenvalue weighted by Crippen LogP contribution is -3.11. The number of carbonyl (C=O) groups is 2. The second-order valence-corrected chi connectivity index (χ2v) is 6.89. The van der Waals surface area contributed by atoms with Crippen LogP contribution in [-0.4, -0.2) is 29.9 Å². The maximum Gasteiger partial charge on any atom is 0.279 e. The van der Waals surface area contributed by atoms with E-state index in [2.05, 4.69) is 15.6 Å². The van der Waals surface area contributed by atoms with Crippen LogP contribution in [0.3, 0.4) is 0 Å². The Kier molecular flexibility index (Phi) is 6.92. The highest BCUT2D eigenvalue weighted by atomic mass is 19.1. The highest BCUT2D eigenvalue weighted by Crippen LogP contribution is 2.20. The summed E-state index contributed by atoms with van der Waals surface area (Å²) in [5.74, 6) is 0.478. The van der Waals surface area contributed by atoms with Crippen molar-refractivity contribution in [2.24, 2.45) is 0 Å². The highest BCUT2D eigenvalue weighted by Gasteiger charge is 2.17. The smallest absolute Gasteiger partial charge is 0.279 e. The molecule has 1 heterocycles. The van der Waals surface area contributed by atoms with Crippen molar-refractivity contribution in [3.05, 3.63) is 66.4 Å². The van der Waals surface area contributed by atoms with Gasteiger partial charge in [0.25, 0.3) is 11.8 Å². The van der Waals surface area contributed by atoms with Crippen LogP contribution in [0.2, 0.25) is 0 Å². The fourth-order valence-corrected chi connectivity index (χ4v) is 2.94. The number of nitrogens with one attached hydrogen (secondary N) is 3. The van der Waals surface area contributed by atoms with E-state index in [0.29, 0.717) is 36.1 Å². The number of quaternary nitrogens is 1. The molecule has 3 aromatic rings. The fraction of sp³-hybridized carbons (Fsp3) is 0.227. The SMILES string of the molecule is CC[NH+](CC(=O)Nc1ccc(NC(C)=O)cc1)Cc1ncc(-c2ccc(F)cc2)o1. The van der Waals surface area contributed by atoms with E-state index in [1.54, 1.807) is 42.6 Å². The lowest BCUT2D eigenvalue weighted by atomic mass is 10.2. The molecule has 1 unspecified atom stereocenters. The van der Waals surface area contributed by atoms with E-state index in [0.717, 1.165) is 10.5 Å². The van der Waals surface area contributed by atoms with Gasteiger partial charge in [-0.2, -0.15) is 0 Å². The van der Waals surface area contributed by atoms with Gasteiger partial charge in [0.15, 0.2) is 18.8 Å². The maximum absolute atomic E-state index is 13.1. The Morgan fingerprint density at radius 2 is 1.67 bits per heavy atom. The van der Waals surface area contributed by atoms with Crippen LogP contribution in [0.15, 0.2) is 59.1 Å². The van der Waals surface area contributed by atoms with Gasteiger partial charge in [-0.15, -0.1) is 0 Å². The minimum Gasteiger partial charge on any atom is -0.435 e. The first-order valence-corrected chi connectivity index (χ1v) is 9.64. The Hall–Kier alpha value is -3.52. The van der Waals surface area contributed by atoms with E-state index in [1.165, 1.54) is 19.1 Å². The summed E-state index contributed by atoms with van der Waals surface area (Å²) in [6, 6.07) is 12.9. The summed E-state index contributed by atoms with van der Waals surface area (Å²) in [6.07, 6.45) is 1.60. The van der Waals surface area contributed by atoms with E-state index in [9.17, 15) is 14.0 Å². The van der Waals surface area contributed by atoms with E-state index in [1.807, 2.05) is 6.92 Å². The number of anilines is 2. The molecule has 0 bridgehead atoms. The zero-order valence-corrected chi connectivity index (χ0v) is 16.9. The van der Waals surface area contributed by atoms with Gasteiger partial charge in [0, 0.05) is 23.9 Å². The molecule has 7 nitrogen and oxygen atoms in total. The topological polar surface area (TPSA) is 88.7 Å². The molecular weight excluding hydrogens is 387 g/mol. The quantitative estimate of drug-likeness (QED) is 0.531. The highest BCUT2D eigenvalue weighted by molar-refractivity contribution is 5.92. The normalized spacial score (nSPS) is 11.7. The predicted molar refractivity (Wildman–Crippen MR) is 111 cm³/mol. The van der Waals surface area contributed by atoms with Crippen LogP contribution in [0.1, 0.15) is 19.7 Å². The van der Waals surface area contributed by atoms with Gasteiger partial charge in [-0.25, -0.2) is 9.37 Å². The van der Waals surface area contributed by atoms with E-state index >= 15 is 0 Å². The molecule has 3 N–H and O–H groups in total. The maximum atomic E-state index is 13.1. The number of halogens is 1.